The van der Waals surface area contributed by atoms with Crippen LogP contribution >= 0.6 is 22.7 Å². The fraction of sp³-hybridized carbons (Fsp3) is 0.444. The van der Waals surface area contributed by atoms with E-state index < -0.39 is 14.0 Å². The van der Waals surface area contributed by atoms with Crippen LogP contribution in [0.25, 0.3) is 10.2 Å². The molecule has 0 fully saturated rings. The van der Waals surface area contributed by atoms with Gasteiger partial charge in [0.25, 0.3) is 0 Å². The summed E-state index contributed by atoms with van der Waals surface area (Å²) >= 11 is 2.86. The third-order valence-electron chi connectivity index (χ3n) is 6.12. The molecule has 3 heterocycles. The zero-order chi connectivity index (χ0) is 28.7. The molecule has 3 aromatic heterocycles. The highest BCUT2D eigenvalue weighted by atomic mass is 32.1. The third-order valence-corrected chi connectivity index (χ3v) is 9.65. The highest BCUT2D eigenvalue weighted by Crippen LogP contribution is 2.29. The number of hydrogen-bond acceptors (Lipinski definition) is 11. The molecule has 10 nitrogen and oxygen atoms in total. The SMILES string of the molecule is CCOC(=O)c1csc(Nc2nnc(N=c3sc4ccccc4n3COCC[Si](C)(C)C)c(C)c2CCCO)n1. The van der Waals surface area contributed by atoms with Gasteiger partial charge in [-0.25, -0.2) is 9.78 Å². The number of nitrogens with one attached hydrogen (secondary N) is 1. The number of aliphatic hydroxyl groups excluding tert-OH is 1. The maximum atomic E-state index is 12.0. The minimum atomic E-state index is -1.20. The molecule has 0 unspecified atom stereocenters. The first-order chi connectivity index (χ1) is 19.2. The maximum Gasteiger partial charge on any atom is 0.357 e. The predicted octanol–water partition coefficient (Wildman–Crippen LogP) is 5.65. The lowest BCUT2D eigenvalue weighted by Crippen LogP contribution is -2.23. The lowest BCUT2D eigenvalue weighted by atomic mass is 10.1. The van der Waals surface area contributed by atoms with Crippen molar-refractivity contribution in [2.24, 2.45) is 4.99 Å². The fourth-order valence-corrected chi connectivity index (χ4v) is 6.36. The molecule has 0 aliphatic carbocycles. The molecule has 0 bridgehead atoms. The molecule has 1 aromatic carbocycles. The molecule has 0 radical (unpaired) electrons. The number of nitrogens with zero attached hydrogens (tertiary/aromatic N) is 5. The first kappa shape index (κ1) is 30.0. The average molecular weight is 601 g/mol. The van der Waals surface area contributed by atoms with Crippen molar-refractivity contribution in [2.45, 2.75) is 59.1 Å². The molecule has 0 saturated carbocycles. The maximum absolute atomic E-state index is 12.0. The van der Waals surface area contributed by atoms with Crippen LogP contribution in [0.4, 0.5) is 16.8 Å². The van der Waals surface area contributed by atoms with E-state index in [9.17, 15) is 9.90 Å². The summed E-state index contributed by atoms with van der Waals surface area (Å²) in [6.07, 6.45) is 1.13. The first-order valence-electron chi connectivity index (χ1n) is 13.3. The summed E-state index contributed by atoms with van der Waals surface area (Å²) in [4.78, 5) is 22.1. The van der Waals surface area contributed by atoms with Gasteiger partial charge >= 0.3 is 5.97 Å². The van der Waals surface area contributed by atoms with Crippen molar-refractivity contribution < 1.29 is 19.4 Å². The van der Waals surface area contributed by atoms with E-state index in [1.54, 1.807) is 23.6 Å². The highest BCUT2D eigenvalue weighted by molar-refractivity contribution is 7.16. The van der Waals surface area contributed by atoms with Gasteiger partial charge < -0.3 is 19.9 Å². The van der Waals surface area contributed by atoms with Gasteiger partial charge in [0.1, 0.15) is 6.73 Å². The molecular formula is C27H36N6O4S2Si. The molecule has 4 rings (SSSR count). The molecule has 0 aliphatic rings. The van der Waals surface area contributed by atoms with Gasteiger partial charge in [0.2, 0.25) is 0 Å². The number of aliphatic hydroxyl groups is 1. The van der Waals surface area contributed by atoms with Gasteiger partial charge in [0, 0.05) is 37.8 Å². The standard InChI is InChI=1S/C27H36N6O4S2Si/c1-6-37-25(35)20-16-38-26(28-20)29-24-19(10-9-13-34)18(2)23(31-32-24)30-27-33(17-36-14-15-40(3,4)5)21-11-7-8-12-22(21)39-27/h7-8,11-12,16,34H,6,9-10,13-15,17H2,1-5H3,(H,28,29,32). The minimum absolute atomic E-state index is 0.0447. The molecule has 2 N–H and O–H groups in total. The van der Waals surface area contributed by atoms with Gasteiger partial charge in [0.15, 0.2) is 27.3 Å². The molecule has 40 heavy (non-hydrogen) atoms. The second-order valence-electron chi connectivity index (χ2n) is 10.4. The number of anilines is 2. The number of thiazole rings is 2. The second kappa shape index (κ2) is 13.6. The highest BCUT2D eigenvalue weighted by Gasteiger charge is 2.18. The van der Waals surface area contributed by atoms with E-state index in [4.69, 9.17) is 14.5 Å². The van der Waals surface area contributed by atoms with Gasteiger partial charge in [-0.3, -0.25) is 4.57 Å². The molecule has 4 aromatic rings. The van der Waals surface area contributed by atoms with E-state index in [1.165, 1.54) is 11.3 Å². The molecule has 13 heteroatoms. The van der Waals surface area contributed by atoms with E-state index in [1.807, 2.05) is 19.1 Å². The Hall–Kier alpha value is -2.97. The van der Waals surface area contributed by atoms with Crippen molar-refractivity contribution >= 4 is 63.7 Å². The summed E-state index contributed by atoms with van der Waals surface area (Å²) in [5.74, 6) is 0.561. The van der Waals surface area contributed by atoms with Crippen LogP contribution < -0.4 is 10.1 Å². The molecule has 214 valence electrons. The number of para-hydroxylation sites is 1. The van der Waals surface area contributed by atoms with E-state index in [0.29, 0.717) is 42.9 Å². The van der Waals surface area contributed by atoms with E-state index >= 15 is 0 Å². The number of fused-ring (bicyclic) bond motifs is 1. The van der Waals surface area contributed by atoms with Crippen LogP contribution in [0.3, 0.4) is 0 Å². The minimum Gasteiger partial charge on any atom is -0.461 e. The number of hydrogen-bond donors (Lipinski definition) is 2. The van der Waals surface area contributed by atoms with Crippen LogP contribution in [-0.4, -0.2) is 58.7 Å². The number of carbonyl (C=O) groups excluding carboxylic acids is 1. The zero-order valence-corrected chi connectivity index (χ0v) is 26.2. The van der Waals surface area contributed by atoms with Crippen LogP contribution in [0.1, 0.15) is 35.0 Å². The summed E-state index contributed by atoms with van der Waals surface area (Å²) in [5, 5.41) is 23.8. The summed E-state index contributed by atoms with van der Waals surface area (Å²) < 4.78 is 14.3. The van der Waals surface area contributed by atoms with Crippen molar-refractivity contribution in [1.29, 1.82) is 0 Å². The van der Waals surface area contributed by atoms with E-state index in [0.717, 1.165) is 32.2 Å². The topological polar surface area (TPSA) is 124 Å². The zero-order valence-electron chi connectivity index (χ0n) is 23.6. The van der Waals surface area contributed by atoms with E-state index in [-0.39, 0.29) is 18.9 Å². The Bertz CT molecular complexity index is 1530. The smallest absolute Gasteiger partial charge is 0.357 e. The molecule has 0 atom stereocenters. The van der Waals surface area contributed by atoms with Crippen molar-refractivity contribution in [3.05, 3.63) is 51.3 Å². The van der Waals surface area contributed by atoms with Crippen LogP contribution in [0.15, 0.2) is 34.6 Å². The Morgan fingerprint density at radius 3 is 2.77 bits per heavy atom. The summed E-state index contributed by atoms with van der Waals surface area (Å²) in [6, 6.07) is 9.28. The van der Waals surface area contributed by atoms with Crippen LogP contribution in [0, 0.1) is 6.92 Å². The van der Waals surface area contributed by atoms with Gasteiger partial charge in [-0.2, -0.15) is 4.99 Å². The first-order valence-corrected chi connectivity index (χ1v) is 18.7. The van der Waals surface area contributed by atoms with Crippen molar-refractivity contribution in [2.75, 3.05) is 25.1 Å². The summed E-state index contributed by atoms with van der Waals surface area (Å²) in [6.45, 7) is 12.2. The predicted molar refractivity (Wildman–Crippen MR) is 163 cm³/mol. The Balaban J connectivity index is 1.67. The largest absolute Gasteiger partial charge is 0.461 e. The lowest BCUT2D eigenvalue weighted by molar-refractivity contribution is 0.0520. The molecular weight excluding hydrogens is 565 g/mol. The van der Waals surface area contributed by atoms with Crippen molar-refractivity contribution in [1.82, 2.24) is 19.7 Å². The number of esters is 1. The van der Waals surface area contributed by atoms with Gasteiger partial charge in [0.05, 0.1) is 16.8 Å². The van der Waals surface area contributed by atoms with Crippen LogP contribution in [0.2, 0.25) is 25.7 Å². The summed E-state index contributed by atoms with van der Waals surface area (Å²) in [5.41, 5.74) is 3.04. The summed E-state index contributed by atoms with van der Waals surface area (Å²) in [7, 11) is -1.20. The van der Waals surface area contributed by atoms with Gasteiger partial charge in [-0.1, -0.05) is 43.1 Å². The monoisotopic (exact) mass is 600 g/mol. The Morgan fingerprint density at radius 1 is 1.23 bits per heavy atom. The Kier molecular flexibility index (Phi) is 10.2. The number of benzene rings is 1. The number of ether oxygens (including phenoxy) is 2. The number of carbonyl (C=O) groups is 1. The van der Waals surface area contributed by atoms with Crippen LogP contribution in [-0.2, 0) is 22.6 Å². The lowest BCUT2D eigenvalue weighted by Gasteiger charge is -2.15. The molecule has 0 amide bonds. The van der Waals surface area contributed by atoms with E-state index in [2.05, 4.69) is 56.8 Å². The van der Waals surface area contributed by atoms with Gasteiger partial charge in [-0.05, 0) is 44.9 Å². The quantitative estimate of drug-likeness (QED) is 0.115. The second-order valence-corrected chi connectivity index (χ2v) is 17.9. The van der Waals surface area contributed by atoms with Crippen molar-refractivity contribution in [3.63, 3.8) is 0 Å². The average Bonchev–Trinajstić information content (AvgIpc) is 3.52. The molecule has 0 spiro atoms. The Labute approximate surface area is 242 Å². The van der Waals surface area contributed by atoms with Gasteiger partial charge in [-0.15, -0.1) is 21.5 Å². The third kappa shape index (κ3) is 7.60. The Morgan fingerprint density at radius 2 is 2.02 bits per heavy atom. The number of aromatic nitrogens is 4. The van der Waals surface area contributed by atoms with Crippen molar-refractivity contribution in [3.8, 4) is 0 Å². The normalized spacial score (nSPS) is 12.3. The number of rotatable bonds is 13. The van der Waals surface area contributed by atoms with Crippen LogP contribution in [0.5, 0.6) is 0 Å². The molecule has 0 saturated heterocycles. The fourth-order valence-electron chi connectivity index (χ4n) is 3.90. The molecule has 0 aliphatic heterocycles.